The Morgan fingerprint density at radius 2 is 2.15 bits per heavy atom. The summed E-state index contributed by atoms with van der Waals surface area (Å²) in [6, 6.07) is 6.25. The van der Waals surface area contributed by atoms with Crippen LogP contribution >= 0.6 is 0 Å². The van der Waals surface area contributed by atoms with Crippen molar-refractivity contribution in [2.24, 2.45) is 5.73 Å². The van der Waals surface area contributed by atoms with Gasteiger partial charge in [-0.05, 0) is 36.8 Å². The SMILES string of the molecule is CC(NS(=O)(=O)c1cc(F)ccc1CN)c1ccco1. The summed E-state index contributed by atoms with van der Waals surface area (Å²) in [5.41, 5.74) is 5.84. The second kappa shape index (κ2) is 5.74. The molecule has 1 atom stereocenters. The molecule has 0 amide bonds. The van der Waals surface area contributed by atoms with E-state index in [2.05, 4.69) is 4.72 Å². The fraction of sp³-hybridized carbons (Fsp3) is 0.231. The Morgan fingerprint density at radius 1 is 1.40 bits per heavy atom. The van der Waals surface area contributed by atoms with Crippen molar-refractivity contribution in [3.05, 3.63) is 53.7 Å². The van der Waals surface area contributed by atoms with Gasteiger partial charge in [-0.1, -0.05) is 6.07 Å². The number of halogens is 1. The summed E-state index contributed by atoms with van der Waals surface area (Å²) < 4.78 is 45.4. The predicted octanol–water partition coefficient (Wildman–Crippen LogP) is 1.92. The Balaban J connectivity index is 2.33. The molecule has 7 heteroatoms. The van der Waals surface area contributed by atoms with Gasteiger partial charge in [0.2, 0.25) is 10.0 Å². The highest BCUT2D eigenvalue weighted by Crippen LogP contribution is 2.21. The van der Waals surface area contributed by atoms with Gasteiger partial charge in [0.1, 0.15) is 11.6 Å². The summed E-state index contributed by atoms with van der Waals surface area (Å²) in [6.45, 7) is 1.64. The molecule has 0 aliphatic carbocycles. The van der Waals surface area contributed by atoms with Gasteiger partial charge in [-0.25, -0.2) is 17.5 Å². The van der Waals surface area contributed by atoms with E-state index in [-0.39, 0.29) is 11.4 Å². The van der Waals surface area contributed by atoms with Crippen molar-refractivity contribution in [3.8, 4) is 0 Å². The molecule has 0 fully saturated rings. The highest BCUT2D eigenvalue weighted by Gasteiger charge is 2.22. The summed E-state index contributed by atoms with van der Waals surface area (Å²) in [5.74, 6) is -0.160. The Hall–Kier alpha value is -1.70. The van der Waals surface area contributed by atoms with Gasteiger partial charge in [-0.15, -0.1) is 0 Å². The summed E-state index contributed by atoms with van der Waals surface area (Å²) in [7, 11) is -3.88. The Morgan fingerprint density at radius 3 is 2.75 bits per heavy atom. The zero-order valence-corrected chi connectivity index (χ0v) is 11.7. The molecule has 0 saturated heterocycles. The third-order valence-corrected chi connectivity index (χ3v) is 4.46. The lowest BCUT2D eigenvalue weighted by Crippen LogP contribution is -2.28. The van der Waals surface area contributed by atoms with Gasteiger partial charge >= 0.3 is 0 Å². The van der Waals surface area contributed by atoms with Crippen LogP contribution in [0.3, 0.4) is 0 Å². The van der Waals surface area contributed by atoms with Crippen LogP contribution < -0.4 is 10.5 Å². The molecule has 1 aromatic carbocycles. The Labute approximate surface area is 116 Å². The third kappa shape index (κ3) is 3.06. The van der Waals surface area contributed by atoms with Crippen molar-refractivity contribution < 1.29 is 17.2 Å². The number of nitrogens with one attached hydrogen (secondary N) is 1. The van der Waals surface area contributed by atoms with Crippen LogP contribution in [0.4, 0.5) is 4.39 Å². The van der Waals surface area contributed by atoms with Gasteiger partial charge in [-0.2, -0.15) is 0 Å². The Kier molecular flexibility index (Phi) is 4.22. The van der Waals surface area contributed by atoms with E-state index in [1.54, 1.807) is 19.1 Å². The van der Waals surface area contributed by atoms with Gasteiger partial charge < -0.3 is 10.2 Å². The molecular weight excluding hydrogens is 283 g/mol. The first kappa shape index (κ1) is 14.7. The third-order valence-electron chi connectivity index (χ3n) is 2.84. The van der Waals surface area contributed by atoms with Crippen molar-refractivity contribution in [2.45, 2.75) is 24.4 Å². The minimum Gasteiger partial charge on any atom is -0.468 e. The quantitative estimate of drug-likeness (QED) is 0.883. The van der Waals surface area contributed by atoms with E-state index in [4.69, 9.17) is 10.2 Å². The standard InChI is InChI=1S/C13H15FN2O3S/c1-9(12-3-2-6-19-12)16-20(17,18)13-7-11(14)5-4-10(13)8-15/h2-7,9,16H,8,15H2,1H3. The molecule has 2 rings (SSSR count). The second-order valence-electron chi connectivity index (χ2n) is 4.31. The van der Waals surface area contributed by atoms with Crippen molar-refractivity contribution in [1.82, 2.24) is 4.72 Å². The number of rotatable bonds is 5. The van der Waals surface area contributed by atoms with Gasteiger partial charge in [0, 0.05) is 6.54 Å². The normalized spacial score (nSPS) is 13.3. The first-order chi connectivity index (χ1) is 9.44. The van der Waals surface area contributed by atoms with Gasteiger partial charge in [0.05, 0.1) is 17.2 Å². The average molecular weight is 298 g/mol. The minimum atomic E-state index is -3.88. The molecule has 1 aromatic heterocycles. The van der Waals surface area contributed by atoms with E-state index in [0.29, 0.717) is 11.3 Å². The van der Waals surface area contributed by atoms with Gasteiger partial charge in [0.15, 0.2) is 0 Å². The number of furan rings is 1. The molecule has 20 heavy (non-hydrogen) atoms. The van der Waals surface area contributed by atoms with Crippen LogP contribution in [0, 0.1) is 5.82 Å². The fourth-order valence-electron chi connectivity index (χ4n) is 1.84. The van der Waals surface area contributed by atoms with Gasteiger partial charge in [-0.3, -0.25) is 0 Å². The summed E-state index contributed by atoms with van der Waals surface area (Å²) >= 11 is 0. The average Bonchev–Trinajstić information content (AvgIpc) is 2.92. The zero-order valence-electron chi connectivity index (χ0n) is 10.8. The van der Waals surface area contributed by atoms with Crippen LogP contribution in [0.25, 0.3) is 0 Å². The first-order valence-corrected chi connectivity index (χ1v) is 7.46. The molecule has 0 radical (unpaired) electrons. The van der Waals surface area contributed by atoms with Gasteiger partial charge in [0.25, 0.3) is 0 Å². The second-order valence-corrected chi connectivity index (χ2v) is 6.00. The van der Waals surface area contributed by atoms with Crippen molar-refractivity contribution >= 4 is 10.0 Å². The van der Waals surface area contributed by atoms with E-state index >= 15 is 0 Å². The van der Waals surface area contributed by atoms with E-state index in [0.717, 1.165) is 6.07 Å². The minimum absolute atomic E-state index is 0.00561. The Bertz CT molecular complexity index is 684. The van der Waals surface area contributed by atoms with E-state index < -0.39 is 21.9 Å². The van der Waals surface area contributed by atoms with Crippen LogP contribution in [0.15, 0.2) is 45.9 Å². The molecule has 0 spiro atoms. The molecule has 3 N–H and O–H groups in total. The monoisotopic (exact) mass is 298 g/mol. The van der Waals surface area contributed by atoms with Crippen LogP contribution in [-0.4, -0.2) is 8.42 Å². The molecule has 1 heterocycles. The maximum atomic E-state index is 13.3. The number of hydrogen-bond donors (Lipinski definition) is 2. The molecule has 5 nitrogen and oxygen atoms in total. The molecule has 0 aliphatic rings. The molecule has 0 saturated carbocycles. The number of sulfonamides is 1. The van der Waals surface area contributed by atoms with Crippen molar-refractivity contribution in [2.75, 3.05) is 0 Å². The van der Waals surface area contributed by atoms with Crippen LogP contribution in [0.5, 0.6) is 0 Å². The molecule has 2 aromatic rings. The topological polar surface area (TPSA) is 85.3 Å². The maximum Gasteiger partial charge on any atom is 0.241 e. The lowest BCUT2D eigenvalue weighted by molar-refractivity contribution is 0.459. The van der Waals surface area contributed by atoms with Crippen LogP contribution in [-0.2, 0) is 16.6 Å². The number of nitrogens with two attached hydrogens (primary N) is 1. The molecular formula is C13H15FN2O3S. The number of benzene rings is 1. The lowest BCUT2D eigenvalue weighted by atomic mass is 10.2. The highest BCUT2D eigenvalue weighted by atomic mass is 32.2. The molecule has 108 valence electrons. The van der Waals surface area contributed by atoms with Crippen molar-refractivity contribution in [3.63, 3.8) is 0 Å². The molecule has 0 bridgehead atoms. The summed E-state index contributed by atoms with van der Waals surface area (Å²) in [5, 5.41) is 0. The number of hydrogen-bond acceptors (Lipinski definition) is 4. The van der Waals surface area contributed by atoms with Crippen LogP contribution in [0.1, 0.15) is 24.3 Å². The maximum absolute atomic E-state index is 13.3. The first-order valence-electron chi connectivity index (χ1n) is 5.98. The summed E-state index contributed by atoms with van der Waals surface area (Å²) in [6.07, 6.45) is 1.45. The van der Waals surface area contributed by atoms with E-state index in [1.807, 2.05) is 0 Å². The highest BCUT2D eigenvalue weighted by molar-refractivity contribution is 7.89. The fourth-order valence-corrected chi connectivity index (χ4v) is 3.31. The largest absolute Gasteiger partial charge is 0.468 e. The smallest absolute Gasteiger partial charge is 0.241 e. The van der Waals surface area contributed by atoms with E-state index in [9.17, 15) is 12.8 Å². The summed E-state index contributed by atoms with van der Waals surface area (Å²) in [4.78, 5) is -0.154. The lowest BCUT2D eigenvalue weighted by Gasteiger charge is -2.14. The van der Waals surface area contributed by atoms with E-state index in [1.165, 1.54) is 18.4 Å². The van der Waals surface area contributed by atoms with Crippen molar-refractivity contribution in [1.29, 1.82) is 0 Å². The zero-order chi connectivity index (χ0) is 14.8. The molecule has 0 aliphatic heterocycles. The molecule has 1 unspecified atom stereocenters. The van der Waals surface area contributed by atoms with Crippen LogP contribution in [0.2, 0.25) is 0 Å². The predicted molar refractivity (Wildman–Crippen MR) is 71.7 cm³/mol.